The molecule has 0 N–H and O–H groups in total. The lowest BCUT2D eigenvalue weighted by Gasteiger charge is -2.08. The van der Waals surface area contributed by atoms with Crippen LogP contribution < -0.4 is 4.74 Å². The Balaban J connectivity index is 2.68. The van der Waals surface area contributed by atoms with E-state index >= 15 is 0 Å². The topological polar surface area (TPSA) is 38.7 Å². The quantitative estimate of drug-likeness (QED) is 0.542. The molecule has 3 heteroatoms. The molecule has 0 aliphatic heterocycles. The van der Waals surface area contributed by atoms with Crippen molar-refractivity contribution in [1.29, 1.82) is 0 Å². The average molecular weight is 191 g/mol. The smallest absolute Gasteiger partial charge is 0.240 e. The highest BCUT2D eigenvalue weighted by molar-refractivity contribution is 5.51. The van der Waals surface area contributed by atoms with Gasteiger partial charge in [-0.25, -0.2) is 4.79 Å². The Labute approximate surface area is 83.4 Å². The summed E-state index contributed by atoms with van der Waals surface area (Å²) in [5.41, 5.74) is 0.571. The zero-order chi connectivity index (χ0) is 10.4. The van der Waals surface area contributed by atoms with Gasteiger partial charge in [0.05, 0.1) is 12.3 Å². The van der Waals surface area contributed by atoms with Crippen LogP contribution in [0.1, 0.15) is 13.8 Å². The molecule has 0 fully saturated rings. The van der Waals surface area contributed by atoms with E-state index < -0.39 is 0 Å². The van der Waals surface area contributed by atoms with E-state index in [2.05, 4.69) is 18.8 Å². The molecule has 0 aromatic heterocycles. The van der Waals surface area contributed by atoms with Gasteiger partial charge in [-0.2, -0.15) is 4.99 Å². The van der Waals surface area contributed by atoms with Gasteiger partial charge in [0.1, 0.15) is 5.75 Å². The Morgan fingerprint density at radius 1 is 1.50 bits per heavy atom. The van der Waals surface area contributed by atoms with Crippen molar-refractivity contribution in [1.82, 2.24) is 0 Å². The molecule has 0 unspecified atom stereocenters. The molecule has 0 bridgehead atoms. The van der Waals surface area contributed by atoms with Gasteiger partial charge in [-0.05, 0) is 18.1 Å². The van der Waals surface area contributed by atoms with Gasteiger partial charge < -0.3 is 4.74 Å². The van der Waals surface area contributed by atoms with E-state index in [1.807, 2.05) is 6.07 Å². The first-order chi connectivity index (χ1) is 6.72. The third kappa shape index (κ3) is 3.42. The fourth-order valence-electron chi connectivity index (χ4n) is 0.958. The second-order valence-electron chi connectivity index (χ2n) is 3.41. The predicted molar refractivity (Wildman–Crippen MR) is 54.6 cm³/mol. The molecule has 1 aromatic carbocycles. The number of hydrogen-bond acceptors (Lipinski definition) is 3. The monoisotopic (exact) mass is 191 g/mol. The minimum Gasteiger partial charge on any atom is -0.493 e. The number of aliphatic imine (C=N–C) groups is 1. The second kappa shape index (κ2) is 5.20. The zero-order valence-electron chi connectivity index (χ0n) is 8.36. The van der Waals surface area contributed by atoms with Crippen LogP contribution in [0.4, 0.5) is 5.69 Å². The Bertz CT molecular complexity index is 341. The van der Waals surface area contributed by atoms with Gasteiger partial charge in [0.15, 0.2) is 0 Å². The van der Waals surface area contributed by atoms with Crippen molar-refractivity contribution in [3.63, 3.8) is 0 Å². The number of benzene rings is 1. The van der Waals surface area contributed by atoms with Crippen LogP contribution in [0.5, 0.6) is 5.75 Å². The summed E-state index contributed by atoms with van der Waals surface area (Å²) in [7, 11) is 0. The maximum Gasteiger partial charge on any atom is 0.240 e. The minimum atomic E-state index is 0.480. The molecule has 0 aliphatic rings. The van der Waals surface area contributed by atoms with Crippen LogP contribution in [0.2, 0.25) is 0 Å². The van der Waals surface area contributed by atoms with Crippen LogP contribution in [0.25, 0.3) is 0 Å². The summed E-state index contributed by atoms with van der Waals surface area (Å²) in [5, 5.41) is 0. The molecular weight excluding hydrogens is 178 g/mol. The van der Waals surface area contributed by atoms with Crippen molar-refractivity contribution in [3.8, 4) is 5.75 Å². The van der Waals surface area contributed by atoms with E-state index in [1.54, 1.807) is 18.2 Å². The Morgan fingerprint density at radius 2 is 2.29 bits per heavy atom. The van der Waals surface area contributed by atoms with E-state index in [1.165, 1.54) is 6.08 Å². The van der Waals surface area contributed by atoms with Gasteiger partial charge in [0.2, 0.25) is 6.08 Å². The van der Waals surface area contributed by atoms with Crippen LogP contribution in [0, 0.1) is 5.92 Å². The number of ether oxygens (including phenoxy) is 1. The predicted octanol–water partition coefficient (Wildman–Crippen LogP) is 2.69. The highest BCUT2D eigenvalue weighted by Gasteiger charge is 1.97. The highest BCUT2D eigenvalue weighted by atomic mass is 16.5. The molecule has 0 aliphatic carbocycles. The Hall–Kier alpha value is -1.60. The van der Waals surface area contributed by atoms with Crippen molar-refractivity contribution in [2.75, 3.05) is 6.61 Å². The van der Waals surface area contributed by atoms with Crippen molar-refractivity contribution < 1.29 is 9.53 Å². The van der Waals surface area contributed by atoms with Gasteiger partial charge in [-0.1, -0.05) is 19.9 Å². The van der Waals surface area contributed by atoms with E-state index in [9.17, 15) is 4.79 Å². The highest BCUT2D eigenvalue weighted by Crippen LogP contribution is 2.19. The molecule has 14 heavy (non-hydrogen) atoms. The van der Waals surface area contributed by atoms with Gasteiger partial charge in [-0.15, -0.1) is 0 Å². The van der Waals surface area contributed by atoms with Gasteiger partial charge in [0, 0.05) is 6.07 Å². The summed E-state index contributed by atoms with van der Waals surface area (Å²) in [6.07, 6.45) is 1.50. The second-order valence-corrected chi connectivity index (χ2v) is 3.41. The normalized spacial score (nSPS) is 9.64. The van der Waals surface area contributed by atoms with Gasteiger partial charge in [-0.3, -0.25) is 0 Å². The van der Waals surface area contributed by atoms with Crippen molar-refractivity contribution in [3.05, 3.63) is 24.3 Å². The van der Waals surface area contributed by atoms with Crippen LogP contribution in [-0.4, -0.2) is 12.7 Å². The van der Waals surface area contributed by atoms with E-state index in [0.29, 0.717) is 18.2 Å². The molecular formula is C11H13NO2. The minimum absolute atomic E-state index is 0.480. The molecule has 1 aromatic rings. The zero-order valence-corrected chi connectivity index (χ0v) is 8.36. The molecule has 1 rings (SSSR count). The van der Waals surface area contributed by atoms with E-state index in [4.69, 9.17) is 4.74 Å². The van der Waals surface area contributed by atoms with Crippen LogP contribution in [0.3, 0.4) is 0 Å². The maximum absolute atomic E-state index is 10.0. The summed E-state index contributed by atoms with van der Waals surface area (Å²) < 4.78 is 5.46. The van der Waals surface area contributed by atoms with E-state index in [-0.39, 0.29) is 0 Å². The standard InChI is InChI=1S/C11H13NO2/c1-9(2)7-14-11-5-3-4-10(6-11)12-8-13/h3-6,9H,7H2,1-2H3. The number of carbonyl (C=O) groups excluding carboxylic acids is 1. The lowest BCUT2D eigenvalue weighted by atomic mass is 10.2. The lowest BCUT2D eigenvalue weighted by Crippen LogP contribution is -2.04. The fraction of sp³-hybridized carbons (Fsp3) is 0.364. The van der Waals surface area contributed by atoms with Crippen molar-refractivity contribution >= 4 is 11.8 Å². The summed E-state index contributed by atoms with van der Waals surface area (Å²) >= 11 is 0. The first-order valence-corrected chi connectivity index (χ1v) is 4.53. The van der Waals surface area contributed by atoms with Crippen LogP contribution in [-0.2, 0) is 4.79 Å². The first kappa shape index (κ1) is 10.5. The Morgan fingerprint density at radius 3 is 2.93 bits per heavy atom. The third-order valence-corrected chi connectivity index (χ3v) is 1.58. The van der Waals surface area contributed by atoms with Gasteiger partial charge in [0.25, 0.3) is 0 Å². The summed E-state index contributed by atoms with van der Waals surface area (Å²) in [6, 6.07) is 7.08. The summed E-state index contributed by atoms with van der Waals surface area (Å²) in [5.74, 6) is 1.21. The molecule has 0 saturated heterocycles. The SMILES string of the molecule is CC(C)COc1cccc(N=C=O)c1. The number of nitrogens with zero attached hydrogens (tertiary/aromatic N) is 1. The van der Waals surface area contributed by atoms with Gasteiger partial charge >= 0.3 is 0 Å². The maximum atomic E-state index is 10.0. The van der Waals surface area contributed by atoms with Crippen LogP contribution in [0.15, 0.2) is 29.3 Å². The third-order valence-electron chi connectivity index (χ3n) is 1.58. The van der Waals surface area contributed by atoms with E-state index in [0.717, 1.165) is 5.75 Å². The molecule has 0 radical (unpaired) electrons. The first-order valence-electron chi connectivity index (χ1n) is 4.53. The lowest BCUT2D eigenvalue weighted by molar-refractivity contribution is 0.271. The number of isocyanates is 1. The average Bonchev–Trinajstić information content (AvgIpc) is 2.16. The largest absolute Gasteiger partial charge is 0.493 e. The Kier molecular flexibility index (Phi) is 3.89. The molecule has 0 heterocycles. The van der Waals surface area contributed by atoms with Crippen LogP contribution >= 0.6 is 0 Å². The molecule has 0 spiro atoms. The molecule has 0 amide bonds. The molecule has 3 nitrogen and oxygen atoms in total. The summed E-state index contributed by atoms with van der Waals surface area (Å²) in [4.78, 5) is 13.5. The number of hydrogen-bond donors (Lipinski definition) is 0. The van der Waals surface area contributed by atoms with Crippen molar-refractivity contribution in [2.24, 2.45) is 10.9 Å². The molecule has 74 valence electrons. The molecule has 0 saturated carbocycles. The summed E-state index contributed by atoms with van der Waals surface area (Å²) in [6.45, 7) is 4.81. The molecule has 0 atom stereocenters. The number of rotatable bonds is 4. The van der Waals surface area contributed by atoms with Crippen molar-refractivity contribution in [2.45, 2.75) is 13.8 Å². The fourth-order valence-corrected chi connectivity index (χ4v) is 0.958.